The van der Waals surface area contributed by atoms with Crippen LogP contribution in [0.5, 0.6) is 0 Å². The number of benzene rings is 1. The number of H-pyrrole nitrogens is 1. The molecule has 0 fully saturated rings. The molecule has 6 nitrogen and oxygen atoms in total. The quantitative estimate of drug-likeness (QED) is 0.702. The molecule has 0 radical (unpaired) electrons. The van der Waals surface area contributed by atoms with E-state index >= 15 is 0 Å². The van der Waals surface area contributed by atoms with Crippen molar-refractivity contribution in [3.8, 4) is 0 Å². The molecule has 2 aromatic rings. The van der Waals surface area contributed by atoms with Crippen LogP contribution in [-0.2, 0) is 0 Å². The molecule has 8 heteroatoms. The zero-order chi connectivity index (χ0) is 14.0. The topological polar surface area (TPSA) is 101 Å². The summed E-state index contributed by atoms with van der Waals surface area (Å²) in [5.74, 6) is -3.23. The van der Waals surface area contributed by atoms with Crippen molar-refractivity contribution in [3.63, 3.8) is 0 Å². The number of nitrogen functional groups attached to an aromatic ring is 1. The molecule has 0 aliphatic carbocycles. The van der Waals surface area contributed by atoms with E-state index in [-0.39, 0.29) is 11.4 Å². The van der Waals surface area contributed by atoms with Crippen molar-refractivity contribution in [2.24, 2.45) is 0 Å². The Hall–Kier alpha value is -2.77. The Bertz CT molecular complexity index is 679. The SMILES string of the molecule is Nc1ccc(F)c(F)c1NC(=O)c1ccc(=O)[nH]n1. The summed E-state index contributed by atoms with van der Waals surface area (Å²) in [5, 5.41) is 7.58. The molecule has 0 aliphatic rings. The van der Waals surface area contributed by atoms with Crippen LogP contribution in [0.15, 0.2) is 29.1 Å². The number of nitrogens with two attached hydrogens (primary N) is 1. The van der Waals surface area contributed by atoms with E-state index in [2.05, 4.69) is 10.4 Å². The molecule has 1 heterocycles. The molecule has 0 saturated carbocycles. The lowest BCUT2D eigenvalue weighted by Gasteiger charge is -2.09. The summed E-state index contributed by atoms with van der Waals surface area (Å²) < 4.78 is 26.5. The van der Waals surface area contributed by atoms with Gasteiger partial charge in [-0.2, -0.15) is 5.10 Å². The van der Waals surface area contributed by atoms with Gasteiger partial charge in [0.1, 0.15) is 11.4 Å². The Morgan fingerprint density at radius 1 is 1.26 bits per heavy atom. The molecular formula is C11H8F2N4O2. The van der Waals surface area contributed by atoms with Gasteiger partial charge >= 0.3 is 0 Å². The number of aromatic nitrogens is 2. The molecule has 0 spiro atoms. The first-order valence-electron chi connectivity index (χ1n) is 5.09. The number of anilines is 2. The molecular weight excluding hydrogens is 258 g/mol. The number of amides is 1. The zero-order valence-electron chi connectivity index (χ0n) is 9.41. The summed E-state index contributed by atoms with van der Waals surface area (Å²) in [6.07, 6.45) is 0. The number of carbonyl (C=O) groups is 1. The number of hydrogen-bond donors (Lipinski definition) is 3. The van der Waals surface area contributed by atoms with E-state index in [0.29, 0.717) is 0 Å². The molecule has 0 atom stereocenters. The van der Waals surface area contributed by atoms with Crippen LogP contribution in [0.25, 0.3) is 0 Å². The van der Waals surface area contributed by atoms with Crippen LogP contribution in [0.2, 0.25) is 0 Å². The molecule has 0 bridgehead atoms. The number of nitrogens with zero attached hydrogens (tertiary/aromatic N) is 1. The minimum absolute atomic E-state index is 0.128. The van der Waals surface area contributed by atoms with Crippen LogP contribution in [0, 0.1) is 11.6 Å². The number of nitrogens with one attached hydrogen (secondary N) is 2. The molecule has 98 valence electrons. The number of halogens is 2. The predicted molar refractivity (Wildman–Crippen MR) is 63.6 cm³/mol. The Kier molecular flexibility index (Phi) is 3.23. The van der Waals surface area contributed by atoms with Crippen LogP contribution < -0.4 is 16.6 Å². The average molecular weight is 266 g/mol. The van der Waals surface area contributed by atoms with E-state index in [1.165, 1.54) is 0 Å². The molecule has 1 aromatic carbocycles. The third kappa shape index (κ3) is 2.57. The zero-order valence-corrected chi connectivity index (χ0v) is 9.41. The molecule has 0 unspecified atom stereocenters. The van der Waals surface area contributed by atoms with Crippen molar-refractivity contribution < 1.29 is 13.6 Å². The number of hydrogen-bond acceptors (Lipinski definition) is 4. The fraction of sp³-hybridized carbons (Fsp3) is 0. The van der Waals surface area contributed by atoms with Gasteiger partial charge in [0.15, 0.2) is 11.6 Å². The lowest BCUT2D eigenvalue weighted by molar-refractivity contribution is 0.102. The van der Waals surface area contributed by atoms with E-state index in [1.54, 1.807) is 0 Å². The second-order valence-corrected chi connectivity index (χ2v) is 3.59. The fourth-order valence-electron chi connectivity index (χ4n) is 1.34. The maximum atomic E-state index is 13.5. The molecule has 0 saturated heterocycles. The summed E-state index contributed by atoms with van der Waals surface area (Å²) in [6, 6.07) is 4.18. The predicted octanol–water partition coefficient (Wildman–Crippen LogP) is 0.883. The van der Waals surface area contributed by atoms with Crippen LogP contribution in [-0.4, -0.2) is 16.1 Å². The standard InChI is InChI=1S/C11H8F2N4O2/c12-5-1-2-6(14)10(9(5)13)15-11(19)7-3-4-8(18)17-16-7/h1-4H,14H2,(H,15,19)(H,17,18). The Morgan fingerprint density at radius 3 is 2.63 bits per heavy atom. The second kappa shape index (κ2) is 4.84. The summed E-state index contributed by atoms with van der Waals surface area (Å²) >= 11 is 0. The van der Waals surface area contributed by atoms with Gasteiger partial charge in [-0.25, -0.2) is 13.9 Å². The Balaban J connectivity index is 2.31. The van der Waals surface area contributed by atoms with E-state index in [1.807, 2.05) is 5.10 Å². The van der Waals surface area contributed by atoms with Crippen molar-refractivity contribution in [3.05, 3.63) is 51.9 Å². The van der Waals surface area contributed by atoms with Crippen LogP contribution in [0.3, 0.4) is 0 Å². The highest BCUT2D eigenvalue weighted by Gasteiger charge is 2.16. The van der Waals surface area contributed by atoms with Crippen LogP contribution >= 0.6 is 0 Å². The molecule has 1 aromatic heterocycles. The first-order valence-corrected chi connectivity index (χ1v) is 5.09. The molecule has 0 aliphatic heterocycles. The lowest BCUT2D eigenvalue weighted by atomic mass is 10.2. The summed E-state index contributed by atoms with van der Waals surface area (Å²) in [5.41, 5.74) is 4.18. The van der Waals surface area contributed by atoms with Crippen LogP contribution in [0.4, 0.5) is 20.2 Å². The van der Waals surface area contributed by atoms with Gasteiger partial charge in [-0.1, -0.05) is 0 Å². The van der Waals surface area contributed by atoms with Gasteiger partial charge in [-0.3, -0.25) is 9.59 Å². The maximum Gasteiger partial charge on any atom is 0.276 e. The average Bonchev–Trinajstić information content (AvgIpc) is 2.40. The molecule has 1 amide bonds. The molecule has 2 rings (SSSR count). The smallest absolute Gasteiger partial charge is 0.276 e. The van der Waals surface area contributed by atoms with E-state index in [9.17, 15) is 18.4 Å². The van der Waals surface area contributed by atoms with Crippen molar-refractivity contribution in [2.45, 2.75) is 0 Å². The monoisotopic (exact) mass is 266 g/mol. The van der Waals surface area contributed by atoms with Gasteiger partial charge in [0.05, 0.1) is 5.69 Å². The molecule has 4 N–H and O–H groups in total. The highest BCUT2D eigenvalue weighted by molar-refractivity contribution is 6.04. The Labute approximate surface area is 105 Å². The van der Waals surface area contributed by atoms with Crippen molar-refractivity contribution in [2.75, 3.05) is 11.1 Å². The largest absolute Gasteiger partial charge is 0.397 e. The first kappa shape index (κ1) is 12.7. The Morgan fingerprint density at radius 2 is 2.00 bits per heavy atom. The van der Waals surface area contributed by atoms with Gasteiger partial charge < -0.3 is 11.1 Å². The number of carbonyl (C=O) groups excluding carboxylic acids is 1. The molecule has 19 heavy (non-hydrogen) atoms. The highest BCUT2D eigenvalue weighted by atomic mass is 19.2. The van der Waals surface area contributed by atoms with Gasteiger partial charge in [-0.05, 0) is 18.2 Å². The van der Waals surface area contributed by atoms with Crippen molar-refractivity contribution in [1.82, 2.24) is 10.2 Å². The van der Waals surface area contributed by atoms with Gasteiger partial charge in [0.25, 0.3) is 11.5 Å². The second-order valence-electron chi connectivity index (χ2n) is 3.59. The third-order valence-corrected chi connectivity index (χ3v) is 2.28. The summed E-state index contributed by atoms with van der Waals surface area (Å²) in [7, 11) is 0. The normalized spacial score (nSPS) is 10.2. The number of rotatable bonds is 2. The minimum atomic E-state index is -1.27. The summed E-state index contributed by atoms with van der Waals surface area (Å²) in [4.78, 5) is 22.5. The summed E-state index contributed by atoms with van der Waals surface area (Å²) in [6.45, 7) is 0. The maximum absolute atomic E-state index is 13.5. The van der Waals surface area contributed by atoms with Gasteiger partial charge in [0, 0.05) is 6.07 Å². The van der Waals surface area contributed by atoms with E-state index in [0.717, 1.165) is 24.3 Å². The minimum Gasteiger partial charge on any atom is -0.397 e. The third-order valence-electron chi connectivity index (χ3n) is 2.28. The van der Waals surface area contributed by atoms with Crippen molar-refractivity contribution >= 4 is 17.3 Å². The first-order chi connectivity index (χ1) is 8.99. The van der Waals surface area contributed by atoms with Gasteiger partial charge in [-0.15, -0.1) is 0 Å². The van der Waals surface area contributed by atoms with Crippen LogP contribution in [0.1, 0.15) is 10.5 Å². The number of aromatic amines is 1. The van der Waals surface area contributed by atoms with Crippen molar-refractivity contribution in [1.29, 1.82) is 0 Å². The van der Waals surface area contributed by atoms with E-state index in [4.69, 9.17) is 5.73 Å². The lowest BCUT2D eigenvalue weighted by Crippen LogP contribution is -2.19. The van der Waals surface area contributed by atoms with E-state index < -0.39 is 28.8 Å². The highest BCUT2D eigenvalue weighted by Crippen LogP contribution is 2.24. The fourth-order valence-corrected chi connectivity index (χ4v) is 1.34. The van der Waals surface area contributed by atoms with Gasteiger partial charge in [0.2, 0.25) is 0 Å².